The Morgan fingerprint density at radius 3 is 3.16 bits per heavy atom. The highest BCUT2D eigenvalue weighted by Crippen LogP contribution is 2.25. The number of imidazole rings is 1. The predicted octanol–water partition coefficient (Wildman–Crippen LogP) is 2.21. The Hall–Kier alpha value is -2.32. The van der Waals surface area contributed by atoms with Gasteiger partial charge in [0.2, 0.25) is 5.91 Å². The molecule has 1 atom stereocenters. The van der Waals surface area contributed by atoms with Gasteiger partial charge in [-0.05, 0) is 25.3 Å². The molecule has 25 heavy (non-hydrogen) atoms. The van der Waals surface area contributed by atoms with Crippen molar-refractivity contribution >= 4 is 28.0 Å². The van der Waals surface area contributed by atoms with Gasteiger partial charge in [-0.25, -0.2) is 9.97 Å². The third kappa shape index (κ3) is 3.69. The first kappa shape index (κ1) is 16.2. The van der Waals surface area contributed by atoms with Crippen molar-refractivity contribution in [3.63, 3.8) is 0 Å². The second-order valence-corrected chi connectivity index (χ2v) is 7.58. The van der Waals surface area contributed by atoms with E-state index in [9.17, 15) is 4.79 Å². The average Bonchev–Trinajstić information content (AvgIpc) is 3.29. The van der Waals surface area contributed by atoms with E-state index in [0.29, 0.717) is 11.0 Å². The third-order valence-corrected chi connectivity index (χ3v) is 5.37. The van der Waals surface area contributed by atoms with Crippen LogP contribution in [0.2, 0.25) is 0 Å². The average molecular weight is 356 g/mol. The summed E-state index contributed by atoms with van der Waals surface area (Å²) in [4.78, 5) is 27.6. The highest BCUT2D eigenvalue weighted by Gasteiger charge is 2.24. The molecular formula is C17H20N6OS. The molecule has 0 aromatic carbocycles. The topological polar surface area (TPSA) is 75.4 Å². The van der Waals surface area contributed by atoms with E-state index in [4.69, 9.17) is 0 Å². The zero-order valence-corrected chi connectivity index (χ0v) is 14.9. The molecule has 1 aliphatic heterocycles. The Morgan fingerprint density at radius 1 is 1.36 bits per heavy atom. The van der Waals surface area contributed by atoms with Crippen molar-refractivity contribution in [2.24, 2.45) is 5.92 Å². The number of amides is 1. The van der Waals surface area contributed by atoms with E-state index >= 15 is 0 Å². The molecule has 4 heterocycles. The maximum Gasteiger partial charge on any atom is 0.223 e. The van der Waals surface area contributed by atoms with Crippen LogP contribution < -0.4 is 5.32 Å². The van der Waals surface area contributed by atoms with Gasteiger partial charge in [-0.2, -0.15) is 0 Å². The number of carbonyl (C=O) groups is 1. The molecule has 4 rings (SSSR count). The molecule has 1 amide bonds. The standard InChI is InChI=1S/C17H20N6OS/c1-12(24)21-17-20-8-15(25-17)11-22-4-2-13(10-22)6-14-7-18-9-16-19-3-5-23(14)16/h3,5,7-9,13H,2,4,6,10-11H2,1H3,(H,20,21,24)/t13-/m1/s1. The van der Waals surface area contributed by atoms with E-state index in [1.807, 2.05) is 24.8 Å². The fourth-order valence-electron chi connectivity index (χ4n) is 3.38. The first-order valence-electron chi connectivity index (χ1n) is 8.38. The Morgan fingerprint density at radius 2 is 2.28 bits per heavy atom. The number of rotatable bonds is 5. The lowest BCUT2D eigenvalue weighted by Gasteiger charge is -2.15. The van der Waals surface area contributed by atoms with Gasteiger partial charge in [-0.15, -0.1) is 11.3 Å². The van der Waals surface area contributed by atoms with Crippen LogP contribution in [-0.2, 0) is 17.8 Å². The van der Waals surface area contributed by atoms with Crippen LogP contribution in [0.4, 0.5) is 5.13 Å². The van der Waals surface area contributed by atoms with E-state index in [1.54, 1.807) is 17.5 Å². The molecule has 8 heteroatoms. The number of fused-ring (bicyclic) bond motifs is 1. The smallest absolute Gasteiger partial charge is 0.223 e. The number of nitrogens with zero attached hydrogens (tertiary/aromatic N) is 5. The first-order valence-corrected chi connectivity index (χ1v) is 9.19. The molecule has 1 saturated heterocycles. The summed E-state index contributed by atoms with van der Waals surface area (Å²) in [5, 5.41) is 3.42. The molecule has 3 aromatic heterocycles. The number of likely N-dealkylation sites (tertiary alicyclic amines) is 1. The van der Waals surface area contributed by atoms with E-state index in [2.05, 4.69) is 29.6 Å². The summed E-state index contributed by atoms with van der Waals surface area (Å²) in [7, 11) is 0. The van der Waals surface area contributed by atoms with Crippen molar-refractivity contribution in [2.75, 3.05) is 18.4 Å². The zero-order chi connectivity index (χ0) is 17.2. The number of carbonyl (C=O) groups excluding carboxylic acids is 1. The summed E-state index contributed by atoms with van der Waals surface area (Å²) in [5.41, 5.74) is 2.12. The number of thiazole rings is 1. The monoisotopic (exact) mass is 356 g/mol. The maximum absolute atomic E-state index is 11.1. The molecule has 0 spiro atoms. The predicted molar refractivity (Wildman–Crippen MR) is 96.5 cm³/mol. The highest BCUT2D eigenvalue weighted by molar-refractivity contribution is 7.15. The summed E-state index contributed by atoms with van der Waals surface area (Å²) < 4.78 is 2.12. The van der Waals surface area contributed by atoms with E-state index in [1.165, 1.54) is 23.9 Å². The number of hydrogen-bond acceptors (Lipinski definition) is 6. The molecule has 1 N–H and O–H groups in total. The Balaban J connectivity index is 1.36. The van der Waals surface area contributed by atoms with Crippen LogP contribution in [-0.4, -0.2) is 43.2 Å². The Kier molecular flexibility index (Phi) is 4.46. The van der Waals surface area contributed by atoms with E-state index in [0.717, 1.165) is 31.7 Å². The SMILES string of the molecule is CC(=O)Nc1ncc(CN2CC[C@H](Cc3cncc4nccn34)C2)s1. The van der Waals surface area contributed by atoms with Crippen LogP contribution in [0.1, 0.15) is 23.9 Å². The van der Waals surface area contributed by atoms with Gasteiger partial charge in [0.15, 0.2) is 10.8 Å². The van der Waals surface area contributed by atoms with Crippen molar-refractivity contribution in [3.8, 4) is 0 Å². The van der Waals surface area contributed by atoms with Gasteiger partial charge in [-0.1, -0.05) is 0 Å². The summed E-state index contributed by atoms with van der Waals surface area (Å²) >= 11 is 1.55. The summed E-state index contributed by atoms with van der Waals surface area (Å²) in [6.45, 7) is 4.55. The molecule has 7 nitrogen and oxygen atoms in total. The van der Waals surface area contributed by atoms with Gasteiger partial charge in [0.05, 0.1) is 6.20 Å². The lowest BCUT2D eigenvalue weighted by atomic mass is 10.0. The maximum atomic E-state index is 11.1. The van der Waals surface area contributed by atoms with Crippen LogP contribution in [0.25, 0.3) is 5.65 Å². The van der Waals surface area contributed by atoms with E-state index in [-0.39, 0.29) is 5.91 Å². The van der Waals surface area contributed by atoms with Gasteiger partial charge >= 0.3 is 0 Å². The number of nitrogens with one attached hydrogen (secondary N) is 1. The van der Waals surface area contributed by atoms with Crippen LogP contribution in [0.3, 0.4) is 0 Å². The number of aromatic nitrogens is 4. The quantitative estimate of drug-likeness (QED) is 0.759. The summed E-state index contributed by atoms with van der Waals surface area (Å²) in [5.74, 6) is 0.543. The third-order valence-electron chi connectivity index (χ3n) is 4.48. The molecule has 0 unspecified atom stereocenters. The molecule has 0 radical (unpaired) electrons. The van der Waals surface area contributed by atoms with Crippen molar-refractivity contribution in [3.05, 3.63) is 41.6 Å². The van der Waals surface area contributed by atoms with Gasteiger partial charge < -0.3 is 9.72 Å². The minimum Gasteiger partial charge on any atom is -0.302 e. The normalized spacial score (nSPS) is 18.0. The van der Waals surface area contributed by atoms with Crippen molar-refractivity contribution in [1.82, 2.24) is 24.3 Å². The van der Waals surface area contributed by atoms with Gasteiger partial charge in [0.1, 0.15) is 0 Å². The fourth-order valence-corrected chi connectivity index (χ4v) is 4.29. The molecule has 0 saturated carbocycles. The fraction of sp³-hybridized carbons (Fsp3) is 0.412. The highest BCUT2D eigenvalue weighted by atomic mass is 32.1. The minimum atomic E-state index is -0.0792. The van der Waals surface area contributed by atoms with Crippen molar-refractivity contribution < 1.29 is 4.79 Å². The van der Waals surface area contributed by atoms with Crippen LogP contribution in [0, 0.1) is 5.92 Å². The number of hydrogen-bond donors (Lipinski definition) is 1. The summed E-state index contributed by atoms with van der Waals surface area (Å²) in [6.07, 6.45) is 11.6. The van der Waals surface area contributed by atoms with Crippen LogP contribution in [0.15, 0.2) is 31.0 Å². The van der Waals surface area contributed by atoms with Gasteiger partial charge in [-0.3, -0.25) is 14.7 Å². The zero-order valence-electron chi connectivity index (χ0n) is 14.1. The van der Waals surface area contributed by atoms with Crippen molar-refractivity contribution in [2.45, 2.75) is 26.3 Å². The molecule has 0 bridgehead atoms. The van der Waals surface area contributed by atoms with Crippen molar-refractivity contribution in [1.29, 1.82) is 0 Å². The van der Waals surface area contributed by atoms with Gasteiger partial charge in [0.25, 0.3) is 0 Å². The molecule has 3 aromatic rings. The second-order valence-electron chi connectivity index (χ2n) is 6.46. The molecule has 1 fully saturated rings. The second kappa shape index (κ2) is 6.89. The molecule has 0 aliphatic carbocycles. The number of anilines is 1. The molecule has 130 valence electrons. The largest absolute Gasteiger partial charge is 0.302 e. The molecule has 1 aliphatic rings. The lowest BCUT2D eigenvalue weighted by molar-refractivity contribution is -0.114. The molecular weight excluding hydrogens is 336 g/mol. The Labute approximate surface area is 149 Å². The van der Waals surface area contributed by atoms with E-state index < -0.39 is 0 Å². The first-order chi connectivity index (χ1) is 12.2. The lowest BCUT2D eigenvalue weighted by Crippen LogP contribution is -2.20. The van der Waals surface area contributed by atoms with Crippen LogP contribution >= 0.6 is 11.3 Å². The minimum absolute atomic E-state index is 0.0792. The summed E-state index contributed by atoms with van der Waals surface area (Å²) in [6, 6.07) is 0. The van der Waals surface area contributed by atoms with Crippen LogP contribution in [0.5, 0.6) is 0 Å². The van der Waals surface area contributed by atoms with Gasteiger partial charge in [0, 0.05) is 55.4 Å². The Bertz CT molecular complexity index is 888.